The highest BCUT2D eigenvalue weighted by Gasteiger charge is 2.18. The second kappa shape index (κ2) is 6.79. The van der Waals surface area contributed by atoms with Crippen LogP contribution in [-0.4, -0.2) is 37.0 Å². The van der Waals surface area contributed by atoms with Crippen molar-refractivity contribution in [3.8, 4) is 0 Å². The molecule has 0 unspecified atom stereocenters. The number of anilines is 1. The molecular weight excluding hydrogens is 299 g/mol. The molecule has 4 nitrogen and oxygen atoms in total. The van der Waals surface area contributed by atoms with Gasteiger partial charge in [0.25, 0.3) is 0 Å². The topological polar surface area (TPSA) is 44.9 Å². The van der Waals surface area contributed by atoms with E-state index in [1.807, 2.05) is 17.5 Å². The maximum Gasteiger partial charge on any atom is 0.191 e. The maximum atomic E-state index is 13.0. The number of rotatable bonds is 3. The maximum absolute atomic E-state index is 13.0. The number of thiophene rings is 1. The minimum Gasteiger partial charge on any atom is -0.370 e. The lowest BCUT2D eigenvalue weighted by molar-refractivity contribution is 0.380. The number of hydrogen-bond donors (Lipinski definition) is 1. The lowest BCUT2D eigenvalue weighted by Gasteiger charge is -2.36. The molecule has 2 heterocycles. The second-order valence-corrected chi connectivity index (χ2v) is 6.04. The van der Waals surface area contributed by atoms with Crippen molar-refractivity contribution in [2.24, 2.45) is 10.7 Å². The fraction of sp³-hybridized carbons (Fsp3) is 0.312. The Morgan fingerprint density at radius 2 is 1.86 bits per heavy atom. The highest BCUT2D eigenvalue weighted by atomic mass is 32.1. The van der Waals surface area contributed by atoms with Gasteiger partial charge in [0.05, 0.1) is 6.54 Å². The molecule has 1 aromatic carbocycles. The van der Waals surface area contributed by atoms with Crippen LogP contribution in [0.4, 0.5) is 10.1 Å². The first kappa shape index (κ1) is 14.8. The Morgan fingerprint density at radius 3 is 2.50 bits per heavy atom. The zero-order valence-electron chi connectivity index (χ0n) is 12.3. The summed E-state index contributed by atoms with van der Waals surface area (Å²) in [5.74, 6) is 0.400. The van der Waals surface area contributed by atoms with Gasteiger partial charge in [-0.2, -0.15) is 11.3 Å². The molecule has 0 atom stereocenters. The number of aliphatic imine (C=N–C) groups is 1. The van der Waals surface area contributed by atoms with E-state index in [9.17, 15) is 4.39 Å². The predicted octanol–water partition coefficient (Wildman–Crippen LogP) is 2.52. The first-order valence-corrected chi connectivity index (χ1v) is 8.23. The van der Waals surface area contributed by atoms with Crippen molar-refractivity contribution in [3.05, 3.63) is 52.5 Å². The van der Waals surface area contributed by atoms with Crippen molar-refractivity contribution in [2.75, 3.05) is 31.1 Å². The monoisotopic (exact) mass is 318 g/mol. The normalized spacial score (nSPS) is 16.1. The average molecular weight is 318 g/mol. The molecule has 1 aliphatic rings. The molecule has 0 aliphatic carbocycles. The van der Waals surface area contributed by atoms with Crippen molar-refractivity contribution in [1.29, 1.82) is 0 Å². The van der Waals surface area contributed by atoms with Crippen LogP contribution in [0.5, 0.6) is 0 Å². The summed E-state index contributed by atoms with van der Waals surface area (Å²) in [6.07, 6.45) is 0. The van der Waals surface area contributed by atoms with E-state index in [4.69, 9.17) is 5.73 Å². The fourth-order valence-corrected chi connectivity index (χ4v) is 3.16. The largest absolute Gasteiger partial charge is 0.370 e. The molecule has 0 bridgehead atoms. The summed E-state index contributed by atoms with van der Waals surface area (Å²) in [7, 11) is 0. The smallest absolute Gasteiger partial charge is 0.191 e. The number of hydrogen-bond acceptors (Lipinski definition) is 3. The molecule has 116 valence electrons. The Balaban J connectivity index is 1.54. The standard InChI is InChI=1S/C16H19FN4S/c17-14-1-3-15(4-2-14)20-6-8-21(9-7-20)16(18)19-11-13-5-10-22-12-13/h1-5,10,12H,6-9,11H2,(H2,18,19). The van der Waals surface area contributed by atoms with Crippen LogP contribution >= 0.6 is 11.3 Å². The van der Waals surface area contributed by atoms with E-state index in [0.29, 0.717) is 12.5 Å². The van der Waals surface area contributed by atoms with E-state index in [1.54, 1.807) is 11.3 Å². The van der Waals surface area contributed by atoms with E-state index in [2.05, 4.69) is 26.2 Å². The quantitative estimate of drug-likeness (QED) is 0.699. The molecule has 2 N–H and O–H groups in total. The molecule has 22 heavy (non-hydrogen) atoms. The number of nitrogens with zero attached hydrogens (tertiary/aromatic N) is 3. The molecule has 1 saturated heterocycles. The zero-order chi connectivity index (χ0) is 15.4. The van der Waals surface area contributed by atoms with Gasteiger partial charge in [-0.15, -0.1) is 0 Å². The molecule has 1 aliphatic heterocycles. The van der Waals surface area contributed by atoms with Gasteiger partial charge < -0.3 is 15.5 Å². The van der Waals surface area contributed by atoms with Crippen molar-refractivity contribution >= 4 is 23.0 Å². The Labute approximate surface area is 133 Å². The fourth-order valence-electron chi connectivity index (χ4n) is 2.50. The molecule has 0 spiro atoms. The van der Waals surface area contributed by atoms with Crippen LogP contribution in [-0.2, 0) is 6.54 Å². The van der Waals surface area contributed by atoms with E-state index in [0.717, 1.165) is 31.9 Å². The molecule has 1 aromatic heterocycles. The van der Waals surface area contributed by atoms with Gasteiger partial charge in [-0.25, -0.2) is 9.38 Å². The van der Waals surface area contributed by atoms with Crippen LogP contribution < -0.4 is 10.6 Å². The zero-order valence-corrected chi connectivity index (χ0v) is 13.1. The van der Waals surface area contributed by atoms with Crippen LogP contribution in [0.1, 0.15) is 5.56 Å². The van der Waals surface area contributed by atoms with Crippen LogP contribution in [0, 0.1) is 5.82 Å². The van der Waals surface area contributed by atoms with Crippen molar-refractivity contribution in [3.63, 3.8) is 0 Å². The van der Waals surface area contributed by atoms with E-state index >= 15 is 0 Å². The van der Waals surface area contributed by atoms with Gasteiger partial charge in [0, 0.05) is 31.9 Å². The summed E-state index contributed by atoms with van der Waals surface area (Å²) in [5, 5.41) is 4.13. The van der Waals surface area contributed by atoms with E-state index < -0.39 is 0 Å². The third-order valence-corrected chi connectivity index (χ3v) is 4.53. The minimum absolute atomic E-state index is 0.202. The molecule has 1 fully saturated rings. The summed E-state index contributed by atoms with van der Waals surface area (Å²) >= 11 is 1.67. The van der Waals surface area contributed by atoms with Gasteiger partial charge in [-0.1, -0.05) is 0 Å². The lowest BCUT2D eigenvalue weighted by Crippen LogP contribution is -2.51. The molecule has 3 rings (SSSR count). The molecule has 0 radical (unpaired) electrons. The highest BCUT2D eigenvalue weighted by molar-refractivity contribution is 7.07. The number of guanidine groups is 1. The number of nitrogens with two attached hydrogens (primary N) is 1. The minimum atomic E-state index is -0.202. The summed E-state index contributed by atoms with van der Waals surface area (Å²) < 4.78 is 13.0. The van der Waals surface area contributed by atoms with Crippen molar-refractivity contribution in [2.45, 2.75) is 6.54 Å². The van der Waals surface area contributed by atoms with Gasteiger partial charge in [-0.3, -0.25) is 0 Å². The third kappa shape index (κ3) is 3.57. The third-order valence-electron chi connectivity index (χ3n) is 3.80. The van der Waals surface area contributed by atoms with E-state index in [1.165, 1.54) is 17.7 Å². The summed E-state index contributed by atoms with van der Waals surface area (Å²) in [5.41, 5.74) is 8.32. The van der Waals surface area contributed by atoms with Crippen molar-refractivity contribution < 1.29 is 4.39 Å². The number of halogens is 1. The van der Waals surface area contributed by atoms with Gasteiger partial charge in [0.2, 0.25) is 0 Å². The first-order valence-electron chi connectivity index (χ1n) is 7.29. The van der Waals surface area contributed by atoms with Crippen molar-refractivity contribution in [1.82, 2.24) is 4.90 Å². The summed E-state index contributed by atoms with van der Waals surface area (Å²) in [6.45, 7) is 4.01. The molecule has 2 aromatic rings. The molecular formula is C16H19FN4S. The second-order valence-electron chi connectivity index (χ2n) is 5.26. The van der Waals surface area contributed by atoms with Gasteiger partial charge in [0.15, 0.2) is 5.96 Å². The molecule has 0 amide bonds. The van der Waals surface area contributed by atoms with Gasteiger partial charge >= 0.3 is 0 Å². The molecule has 6 heteroatoms. The van der Waals surface area contributed by atoms with Crippen LogP contribution in [0.25, 0.3) is 0 Å². The Kier molecular flexibility index (Phi) is 4.58. The van der Waals surface area contributed by atoms with Crippen LogP contribution in [0.15, 0.2) is 46.1 Å². The Hall–Kier alpha value is -2.08. The number of piperazine rings is 1. The summed E-state index contributed by atoms with van der Waals surface area (Å²) in [4.78, 5) is 8.80. The molecule has 0 saturated carbocycles. The van der Waals surface area contributed by atoms with Gasteiger partial charge in [0.1, 0.15) is 5.82 Å². The summed E-state index contributed by atoms with van der Waals surface area (Å²) in [6, 6.07) is 8.70. The SMILES string of the molecule is NC(=NCc1ccsc1)N1CCN(c2ccc(F)cc2)CC1. The van der Waals surface area contributed by atoms with Crippen LogP contribution in [0.2, 0.25) is 0 Å². The van der Waals surface area contributed by atoms with Crippen LogP contribution in [0.3, 0.4) is 0 Å². The van der Waals surface area contributed by atoms with Gasteiger partial charge in [-0.05, 0) is 46.7 Å². The first-order chi connectivity index (χ1) is 10.7. The highest BCUT2D eigenvalue weighted by Crippen LogP contribution is 2.17. The average Bonchev–Trinajstić information content (AvgIpc) is 3.07. The van der Waals surface area contributed by atoms with E-state index in [-0.39, 0.29) is 5.82 Å². The Bertz CT molecular complexity index is 616. The Morgan fingerprint density at radius 1 is 1.14 bits per heavy atom. The predicted molar refractivity (Wildman–Crippen MR) is 89.8 cm³/mol. The lowest BCUT2D eigenvalue weighted by atomic mass is 10.2. The number of benzene rings is 1.